The molecule has 19 heavy (non-hydrogen) atoms. The van der Waals surface area contributed by atoms with Crippen molar-refractivity contribution in [1.29, 1.82) is 0 Å². The maximum Gasteiger partial charge on any atom is 0.220 e. The summed E-state index contributed by atoms with van der Waals surface area (Å²) in [6.45, 7) is 6.95. The molecular formula is C15H27N3O. The summed E-state index contributed by atoms with van der Waals surface area (Å²) in [6, 6.07) is 4.01. The number of nitrogens with zero attached hydrogens (tertiary/aromatic N) is 2. The van der Waals surface area contributed by atoms with Crippen LogP contribution in [0.25, 0.3) is 0 Å². The Kier molecular flexibility index (Phi) is 6.09. The fourth-order valence-corrected chi connectivity index (χ4v) is 2.28. The molecule has 0 unspecified atom stereocenters. The summed E-state index contributed by atoms with van der Waals surface area (Å²) in [5.41, 5.74) is 0.111. The molecule has 1 aromatic heterocycles. The van der Waals surface area contributed by atoms with Gasteiger partial charge in [0, 0.05) is 38.4 Å². The van der Waals surface area contributed by atoms with E-state index in [1.165, 1.54) is 0 Å². The van der Waals surface area contributed by atoms with Gasteiger partial charge in [-0.05, 0) is 38.1 Å². The molecule has 0 saturated carbocycles. The van der Waals surface area contributed by atoms with E-state index < -0.39 is 0 Å². The summed E-state index contributed by atoms with van der Waals surface area (Å²) in [6.07, 6.45) is 5.53. The van der Waals surface area contributed by atoms with Crippen LogP contribution in [-0.2, 0) is 11.3 Å². The van der Waals surface area contributed by atoms with Crippen LogP contribution in [0.15, 0.2) is 24.5 Å². The summed E-state index contributed by atoms with van der Waals surface area (Å²) < 4.78 is 2.10. The van der Waals surface area contributed by atoms with Crippen LogP contribution in [0.4, 0.5) is 0 Å². The van der Waals surface area contributed by atoms with E-state index in [1.807, 2.05) is 24.5 Å². The first-order valence-corrected chi connectivity index (χ1v) is 6.91. The average Bonchev–Trinajstić information content (AvgIpc) is 2.78. The molecule has 0 saturated heterocycles. The fourth-order valence-electron chi connectivity index (χ4n) is 2.28. The second-order valence-electron chi connectivity index (χ2n) is 6.20. The Morgan fingerprint density at radius 2 is 1.89 bits per heavy atom. The maximum atomic E-state index is 11.8. The Labute approximate surface area is 116 Å². The van der Waals surface area contributed by atoms with Crippen LogP contribution >= 0.6 is 0 Å². The minimum atomic E-state index is 0.111. The number of aryl methyl sites for hydroxylation is 1. The van der Waals surface area contributed by atoms with Gasteiger partial charge in [-0.1, -0.05) is 13.8 Å². The zero-order chi connectivity index (χ0) is 14.3. The summed E-state index contributed by atoms with van der Waals surface area (Å²) in [5, 5.41) is 3.03. The average molecular weight is 265 g/mol. The van der Waals surface area contributed by atoms with Crippen LogP contribution in [0.1, 0.15) is 26.7 Å². The second-order valence-corrected chi connectivity index (χ2v) is 6.20. The van der Waals surface area contributed by atoms with Crippen LogP contribution in [0.2, 0.25) is 0 Å². The molecule has 0 atom stereocenters. The molecule has 0 aromatic carbocycles. The highest BCUT2D eigenvalue weighted by Crippen LogP contribution is 2.14. The van der Waals surface area contributed by atoms with Gasteiger partial charge in [0.05, 0.1) is 0 Å². The van der Waals surface area contributed by atoms with Crippen LogP contribution in [0.5, 0.6) is 0 Å². The Balaban J connectivity index is 2.17. The molecule has 4 heteroatoms. The summed E-state index contributed by atoms with van der Waals surface area (Å²) in [7, 11) is 4.11. The fraction of sp³-hybridized carbons (Fsp3) is 0.667. The summed E-state index contributed by atoms with van der Waals surface area (Å²) in [4.78, 5) is 13.9. The lowest BCUT2D eigenvalue weighted by Gasteiger charge is -2.28. The number of hydrogen-bond donors (Lipinski definition) is 1. The van der Waals surface area contributed by atoms with Crippen LogP contribution in [0, 0.1) is 5.41 Å². The monoisotopic (exact) mass is 265 g/mol. The Morgan fingerprint density at radius 3 is 2.47 bits per heavy atom. The topological polar surface area (TPSA) is 37.3 Å². The van der Waals surface area contributed by atoms with Crippen LogP contribution < -0.4 is 5.32 Å². The molecule has 1 N–H and O–H groups in total. The largest absolute Gasteiger partial charge is 0.356 e. The third-order valence-corrected chi connectivity index (χ3v) is 2.99. The van der Waals surface area contributed by atoms with Gasteiger partial charge in [0.25, 0.3) is 0 Å². The Bertz CT molecular complexity index is 369. The summed E-state index contributed by atoms with van der Waals surface area (Å²) >= 11 is 0. The van der Waals surface area contributed by atoms with Gasteiger partial charge in [-0.2, -0.15) is 0 Å². The molecule has 1 aromatic rings. The molecule has 1 heterocycles. The van der Waals surface area contributed by atoms with Crippen molar-refractivity contribution in [3.63, 3.8) is 0 Å². The van der Waals surface area contributed by atoms with Crippen molar-refractivity contribution >= 4 is 5.91 Å². The second kappa shape index (κ2) is 7.34. The zero-order valence-corrected chi connectivity index (χ0v) is 12.6. The van der Waals surface area contributed by atoms with Gasteiger partial charge in [0.15, 0.2) is 0 Å². The van der Waals surface area contributed by atoms with Crippen molar-refractivity contribution in [3.8, 4) is 0 Å². The van der Waals surface area contributed by atoms with E-state index >= 15 is 0 Å². The molecule has 1 amide bonds. The van der Waals surface area contributed by atoms with E-state index in [9.17, 15) is 4.79 Å². The highest BCUT2D eigenvalue weighted by atomic mass is 16.1. The quantitative estimate of drug-likeness (QED) is 0.780. The third kappa shape index (κ3) is 7.01. The van der Waals surface area contributed by atoms with Crippen molar-refractivity contribution in [2.75, 3.05) is 27.2 Å². The number of nitrogens with one attached hydrogen (secondary N) is 1. The molecule has 0 aliphatic carbocycles. The van der Waals surface area contributed by atoms with E-state index in [-0.39, 0.29) is 11.3 Å². The highest BCUT2D eigenvalue weighted by Gasteiger charge is 2.19. The van der Waals surface area contributed by atoms with E-state index in [0.717, 1.165) is 26.1 Å². The number of carbonyl (C=O) groups is 1. The van der Waals surface area contributed by atoms with Crippen molar-refractivity contribution in [3.05, 3.63) is 24.5 Å². The molecular weight excluding hydrogens is 238 g/mol. The third-order valence-electron chi connectivity index (χ3n) is 2.99. The van der Waals surface area contributed by atoms with Gasteiger partial charge in [-0.15, -0.1) is 0 Å². The molecule has 0 fully saturated rings. The van der Waals surface area contributed by atoms with Gasteiger partial charge in [-0.3, -0.25) is 4.79 Å². The molecule has 0 bridgehead atoms. The first-order valence-electron chi connectivity index (χ1n) is 6.91. The molecule has 1 rings (SSSR count). The van der Waals surface area contributed by atoms with Crippen molar-refractivity contribution in [2.45, 2.75) is 33.2 Å². The predicted octanol–water partition coefficient (Wildman–Crippen LogP) is 1.97. The van der Waals surface area contributed by atoms with E-state index in [0.29, 0.717) is 6.42 Å². The van der Waals surface area contributed by atoms with E-state index in [4.69, 9.17) is 0 Å². The standard InChI is InChI=1S/C15H27N3O/c1-15(2,13-17(3)4)12-16-14(19)8-7-11-18-9-5-6-10-18/h5-6,9-10H,7-8,11-13H2,1-4H3,(H,16,19). The first kappa shape index (κ1) is 15.8. The number of amides is 1. The normalized spacial score (nSPS) is 11.8. The predicted molar refractivity (Wildman–Crippen MR) is 79.0 cm³/mol. The molecule has 0 aliphatic rings. The Hall–Kier alpha value is -1.29. The van der Waals surface area contributed by atoms with Crippen molar-refractivity contribution < 1.29 is 4.79 Å². The lowest BCUT2D eigenvalue weighted by molar-refractivity contribution is -0.121. The smallest absolute Gasteiger partial charge is 0.220 e. The van der Waals surface area contributed by atoms with Crippen molar-refractivity contribution in [1.82, 2.24) is 14.8 Å². The van der Waals surface area contributed by atoms with E-state index in [1.54, 1.807) is 0 Å². The minimum absolute atomic E-state index is 0.111. The molecule has 0 aliphatic heterocycles. The molecule has 4 nitrogen and oxygen atoms in total. The maximum absolute atomic E-state index is 11.8. The highest BCUT2D eigenvalue weighted by molar-refractivity contribution is 5.75. The van der Waals surface area contributed by atoms with Crippen molar-refractivity contribution in [2.24, 2.45) is 5.41 Å². The summed E-state index contributed by atoms with van der Waals surface area (Å²) in [5.74, 6) is 0.152. The first-order chi connectivity index (χ1) is 8.89. The van der Waals surface area contributed by atoms with Gasteiger partial charge in [0.1, 0.15) is 0 Å². The SMILES string of the molecule is CN(C)CC(C)(C)CNC(=O)CCCn1cccc1. The number of rotatable bonds is 8. The molecule has 0 radical (unpaired) electrons. The van der Waals surface area contributed by atoms with Gasteiger partial charge in [0.2, 0.25) is 5.91 Å². The van der Waals surface area contributed by atoms with Gasteiger partial charge >= 0.3 is 0 Å². The van der Waals surface area contributed by atoms with Crippen LogP contribution in [0.3, 0.4) is 0 Å². The number of hydrogen-bond acceptors (Lipinski definition) is 2. The molecule has 108 valence electrons. The lowest BCUT2D eigenvalue weighted by Crippen LogP contribution is -2.39. The number of carbonyl (C=O) groups excluding carboxylic acids is 1. The minimum Gasteiger partial charge on any atom is -0.356 e. The van der Waals surface area contributed by atoms with Gasteiger partial charge in [-0.25, -0.2) is 0 Å². The molecule has 0 spiro atoms. The van der Waals surface area contributed by atoms with E-state index in [2.05, 4.69) is 42.7 Å². The van der Waals surface area contributed by atoms with Gasteiger partial charge < -0.3 is 14.8 Å². The lowest BCUT2D eigenvalue weighted by atomic mass is 9.93. The number of aromatic nitrogens is 1. The zero-order valence-electron chi connectivity index (χ0n) is 12.6. The Morgan fingerprint density at radius 1 is 1.26 bits per heavy atom. The van der Waals surface area contributed by atoms with Crippen LogP contribution in [-0.4, -0.2) is 42.6 Å².